The van der Waals surface area contributed by atoms with Crippen molar-refractivity contribution in [2.45, 2.75) is 25.2 Å². The minimum atomic E-state index is -0.00700. The van der Waals surface area contributed by atoms with Crippen molar-refractivity contribution in [2.75, 3.05) is 16.8 Å². The van der Waals surface area contributed by atoms with E-state index in [0.29, 0.717) is 18.0 Å². The summed E-state index contributed by atoms with van der Waals surface area (Å²) in [6.45, 7) is 0.686. The highest BCUT2D eigenvalue weighted by Gasteiger charge is 2.27. The van der Waals surface area contributed by atoms with Crippen LogP contribution < -0.4 is 10.2 Å². The van der Waals surface area contributed by atoms with Gasteiger partial charge in [0, 0.05) is 42.4 Å². The van der Waals surface area contributed by atoms with Crippen molar-refractivity contribution in [1.29, 1.82) is 0 Å². The smallest absolute Gasteiger partial charge is 0.259 e. The Labute approximate surface area is 157 Å². The highest BCUT2D eigenvalue weighted by Crippen LogP contribution is 2.38. The van der Waals surface area contributed by atoms with Crippen molar-refractivity contribution >= 4 is 23.1 Å². The molecule has 2 aliphatic rings. The van der Waals surface area contributed by atoms with E-state index in [1.807, 2.05) is 29.3 Å². The van der Waals surface area contributed by atoms with Crippen LogP contribution in [-0.4, -0.2) is 27.4 Å². The van der Waals surface area contributed by atoms with E-state index >= 15 is 0 Å². The topological polar surface area (TPSA) is 71.0 Å². The Kier molecular flexibility index (Phi) is 3.81. The van der Waals surface area contributed by atoms with Crippen LogP contribution in [0.15, 0.2) is 55.0 Å². The highest BCUT2D eigenvalue weighted by atomic mass is 16.2. The average Bonchev–Trinajstić information content (AvgIpc) is 3.48. The van der Waals surface area contributed by atoms with Gasteiger partial charge < -0.3 is 10.2 Å². The Morgan fingerprint density at radius 3 is 2.89 bits per heavy atom. The Hall–Kier alpha value is -3.28. The quantitative estimate of drug-likeness (QED) is 0.771. The van der Waals surface area contributed by atoms with Gasteiger partial charge in [0.15, 0.2) is 0 Å². The van der Waals surface area contributed by atoms with Gasteiger partial charge in [-0.05, 0) is 61.2 Å². The summed E-state index contributed by atoms with van der Waals surface area (Å²) in [5.74, 6) is 2.26. The van der Waals surface area contributed by atoms with Gasteiger partial charge in [0.25, 0.3) is 5.91 Å². The third kappa shape index (κ3) is 3.14. The molecule has 1 amide bonds. The molecular weight excluding hydrogens is 338 g/mol. The molecule has 3 aromatic rings. The number of amides is 1. The number of benzene rings is 1. The monoisotopic (exact) mass is 357 g/mol. The van der Waals surface area contributed by atoms with Crippen molar-refractivity contribution < 1.29 is 4.79 Å². The van der Waals surface area contributed by atoms with Gasteiger partial charge in [0.1, 0.15) is 11.6 Å². The molecule has 0 atom stereocenters. The van der Waals surface area contributed by atoms with Crippen LogP contribution in [0.25, 0.3) is 0 Å². The number of pyridine rings is 1. The fraction of sp³-hybridized carbons (Fsp3) is 0.238. The molecule has 0 bridgehead atoms. The summed E-state index contributed by atoms with van der Waals surface area (Å²) >= 11 is 0. The SMILES string of the molecule is O=C(c1cccnc1)N1CCc2cc(Nc3ccnc(C4CC4)n3)ccc21. The van der Waals surface area contributed by atoms with E-state index in [1.165, 1.54) is 12.8 Å². The number of carbonyl (C=O) groups is 1. The number of anilines is 3. The van der Waals surface area contributed by atoms with Gasteiger partial charge in [-0.3, -0.25) is 9.78 Å². The molecule has 0 spiro atoms. The Morgan fingerprint density at radius 1 is 1.15 bits per heavy atom. The van der Waals surface area contributed by atoms with E-state index in [4.69, 9.17) is 0 Å². The van der Waals surface area contributed by atoms with E-state index in [0.717, 1.165) is 35.0 Å². The maximum Gasteiger partial charge on any atom is 0.259 e. The number of hydrogen-bond acceptors (Lipinski definition) is 5. The van der Waals surface area contributed by atoms with E-state index < -0.39 is 0 Å². The van der Waals surface area contributed by atoms with Gasteiger partial charge in [-0.2, -0.15) is 0 Å². The molecule has 2 aromatic heterocycles. The fourth-order valence-electron chi connectivity index (χ4n) is 3.47. The number of fused-ring (bicyclic) bond motifs is 1. The number of nitrogens with zero attached hydrogens (tertiary/aromatic N) is 4. The normalized spacial score (nSPS) is 15.5. The maximum atomic E-state index is 12.7. The summed E-state index contributed by atoms with van der Waals surface area (Å²) in [6.07, 6.45) is 8.31. The summed E-state index contributed by atoms with van der Waals surface area (Å²) in [5, 5.41) is 3.37. The van der Waals surface area contributed by atoms with Crippen LogP contribution >= 0.6 is 0 Å². The molecular formula is C21H19N5O. The zero-order valence-corrected chi connectivity index (χ0v) is 14.8. The average molecular weight is 357 g/mol. The number of carbonyl (C=O) groups excluding carboxylic acids is 1. The Bertz CT molecular complexity index is 1000. The van der Waals surface area contributed by atoms with Crippen molar-refractivity contribution in [3.05, 3.63) is 71.9 Å². The van der Waals surface area contributed by atoms with Crippen LogP contribution in [0.5, 0.6) is 0 Å². The largest absolute Gasteiger partial charge is 0.340 e. The van der Waals surface area contributed by atoms with Crippen LogP contribution in [0, 0.1) is 0 Å². The van der Waals surface area contributed by atoms with Crippen LogP contribution in [0.2, 0.25) is 0 Å². The predicted molar refractivity (Wildman–Crippen MR) is 103 cm³/mol. The third-order valence-corrected chi connectivity index (χ3v) is 5.02. The standard InChI is InChI=1S/C21H19N5O/c27-21(16-2-1-9-22-13-16)26-11-8-15-12-17(5-6-18(15)26)24-19-7-10-23-20(25-19)14-3-4-14/h1-2,5-7,9-10,12-14H,3-4,8,11H2,(H,23,24,25). The first-order valence-electron chi connectivity index (χ1n) is 9.23. The minimum Gasteiger partial charge on any atom is -0.340 e. The number of hydrogen-bond donors (Lipinski definition) is 1. The van der Waals surface area contributed by atoms with Gasteiger partial charge in [-0.1, -0.05) is 0 Å². The fourth-order valence-corrected chi connectivity index (χ4v) is 3.47. The molecule has 6 nitrogen and oxygen atoms in total. The van der Waals surface area contributed by atoms with Crippen LogP contribution in [-0.2, 0) is 6.42 Å². The molecule has 0 radical (unpaired) electrons. The molecule has 0 unspecified atom stereocenters. The Morgan fingerprint density at radius 2 is 2.07 bits per heavy atom. The maximum absolute atomic E-state index is 12.7. The second-order valence-electron chi connectivity index (χ2n) is 6.99. The van der Waals surface area contributed by atoms with Crippen LogP contribution in [0.1, 0.15) is 40.5 Å². The number of aromatic nitrogens is 3. The molecule has 3 heterocycles. The van der Waals surface area contributed by atoms with Crippen LogP contribution in [0.4, 0.5) is 17.2 Å². The summed E-state index contributed by atoms with van der Waals surface area (Å²) < 4.78 is 0. The zero-order valence-electron chi connectivity index (χ0n) is 14.8. The first kappa shape index (κ1) is 15.9. The lowest BCUT2D eigenvalue weighted by atomic mass is 10.1. The first-order valence-corrected chi connectivity index (χ1v) is 9.23. The molecule has 1 aliphatic carbocycles. The lowest BCUT2D eigenvalue weighted by Gasteiger charge is -2.17. The van der Waals surface area contributed by atoms with Gasteiger partial charge in [-0.25, -0.2) is 9.97 Å². The minimum absolute atomic E-state index is 0.00700. The molecule has 6 heteroatoms. The second kappa shape index (κ2) is 6.46. The molecule has 1 fully saturated rings. The van der Waals surface area contributed by atoms with E-state index in [9.17, 15) is 4.79 Å². The van der Waals surface area contributed by atoms with Crippen molar-refractivity contribution in [2.24, 2.45) is 0 Å². The molecule has 5 rings (SSSR count). The summed E-state index contributed by atoms with van der Waals surface area (Å²) in [5.41, 5.74) is 3.72. The van der Waals surface area contributed by atoms with E-state index in [1.54, 1.807) is 24.5 Å². The van der Waals surface area contributed by atoms with Crippen LogP contribution in [0.3, 0.4) is 0 Å². The van der Waals surface area contributed by atoms with Gasteiger partial charge in [-0.15, -0.1) is 0 Å². The number of nitrogens with one attached hydrogen (secondary N) is 1. The van der Waals surface area contributed by atoms with Gasteiger partial charge in [0.2, 0.25) is 0 Å². The number of rotatable bonds is 4. The predicted octanol–water partition coefficient (Wildman–Crippen LogP) is 3.70. The molecule has 1 aromatic carbocycles. The lowest BCUT2D eigenvalue weighted by Crippen LogP contribution is -2.28. The first-order chi connectivity index (χ1) is 13.3. The summed E-state index contributed by atoms with van der Waals surface area (Å²) in [4.78, 5) is 27.6. The molecule has 0 saturated heterocycles. The van der Waals surface area contributed by atoms with E-state index in [-0.39, 0.29) is 5.91 Å². The molecule has 134 valence electrons. The molecule has 1 aliphatic heterocycles. The van der Waals surface area contributed by atoms with Crippen molar-refractivity contribution in [3.8, 4) is 0 Å². The van der Waals surface area contributed by atoms with Crippen molar-refractivity contribution in [3.63, 3.8) is 0 Å². The molecule has 1 N–H and O–H groups in total. The second-order valence-corrected chi connectivity index (χ2v) is 6.99. The third-order valence-electron chi connectivity index (χ3n) is 5.02. The van der Waals surface area contributed by atoms with Gasteiger partial charge >= 0.3 is 0 Å². The Balaban J connectivity index is 1.36. The van der Waals surface area contributed by atoms with E-state index in [2.05, 4.69) is 26.3 Å². The highest BCUT2D eigenvalue weighted by molar-refractivity contribution is 6.07. The molecule has 27 heavy (non-hydrogen) atoms. The van der Waals surface area contributed by atoms with Gasteiger partial charge in [0.05, 0.1) is 5.56 Å². The molecule has 1 saturated carbocycles. The zero-order chi connectivity index (χ0) is 18.2. The summed E-state index contributed by atoms with van der Waals surface area (Å²) in [7, 11) is 0. The summed E-state index contributed by atoms with van der Waals surface area (Å²) in [6, 6.07) is 11.6. The van der Waals surface area contributed by atoms with Crippen molar-refractivity contribution in [1.82, 2.24) is 15.0 Å². The lowest BCUT2D eigenvalue weighted by molar-refractivity contribution is 0.0989.